The smallest absolute Gasteiger partial charge is 0.257 e. The highest BCUT2D eigenvalue weighted by molar-refractivity contribution is 5.39. The molecule has 0 unspecified atom stereocenters. The van der Waals surface area contributed by atoms with Crippen LogP contribution >= 0.6 is 0 Å². The van der Waals surface area contributed by atoms with Crippen LogP contribution in [0.4, 0.5) is 14.5 Å². The number of hydrogen-bond donors (Lipinski definition) is 1. The van der Waals surface area contributed by atoms with Crippen molar-refractivity contribution in [3.8, 4) is 0 Å². The van der Waals surface area contributed by atoms with Crippen LogP contribution in [0.15, 0.2) is 12.4 Å². The van der Waals surface area contributed by atoms with E-state index in [-0.39, 0.29) is 18.0 Å². The zero-order chi connectivity index (χ0) is 12.3. The number of halogens is 2. The van der Waals surface area contributed by atoms with Crippen molar-refractivity contribution in [2.24, 2.45) is 5.41 Å². The predicted octanol–water partition coefficient (Wildman–Crippen LogP) is 2.99. The van der Waals surface area contributed by atoms with Gasteiger partial charge in [-0.05, 0) is 12.3 Å². The van der Waals surface area contributed by atoms with Gasteiger partial charge in [0.2, 0.25) is 0 Å². The monoisotopic (exact) mass is 231 g/mol. The van der Waals surface area contributed by atoms with Gasteiger partial charge in [0.15, 0.2) is 0 Å². The molecule has 0 aromatic carbocycles. The van der Waals surface area contributed by atoms with Crippen LogP contribution in [0.1, 0.15) is 27.7 Å². The van der Waals surface area contributed by atoms with E-state index in [0.717, 1.165) is 5.69 Å². The summed E-state index contributed by atoms with van der Waals surface area (Å²) in [4.78, 5) is 0. The van der Waals surface area contributed by atoms with Crippen molar-refractivity contribution in [1.29, 1.82) is 0 Å². The summed E-state index contributed by atoms with van der Waals surface area (Å²) < 4.78 is 25.5. The van der Waals surface area contributed by atoms with E-state index in [9.17, 15) is 8.78 Å². The van der Waals surface area contributed by atoms with Crippen molar-refractivity contribution in [1.82, 2.24) is 9.78 Å². The molecule has 0 spiro atoms. The van der Waals surface area contributed by atoms with Crippen molar-refractivity contribution < 1.29 is 8.78 Å². The first-order chi connectivity index (χ1) is 7.29. The maximum Gasteiger partial charge on any atom is 0.257 e. The van der Waals surface area contributed by atoms with Crippen LogP contribution in [0.5, 0.6) is 0 Å². The van der Waals surface area contributed by atoms with Crippen LogP contribution in [0, 0.1) is 5.41 Å². The van der Waals surface area contributed by atoms with Crippen LogP contribution in [0.2, 0.25) is 0 Å². The van der Waals surface area contributed by atoms with E-state index >= 15 is 0 Å². The Kier molecular flexibility index (Phi) is 3.88. The Morgan fingerprint density at radius 3 is 2.56 bits per heavy atom. The number of anilines is 1. The molecule has 1 atom stereocenters. The summed E-state index contributed by atoms with van der Waals surface area (Å²) in [6.07, 6.45) is 0.812. The molecule has 3 nitrogen and oxygen atoms in total. The van der Waals surface area contributed by atoms with Crippen molar-refractivity contribution >= 4 is 5.69 Å². The fourth-order valence-electron chi connectivity index (χ4n) is 1.15. The second kappa shape index (κ2) is 4.80. The van der Waals surface area contributed by atoms with Crippen LogP contribution < -0.4 is 5.32 Å². The maximum absolute atomic E-state index is 12.1. The molecule has 0 aliphatic carbocycles. The fraction of sp³-hybridized carbons (Fsp3) is 0.727. The molecule has 0 saturated carbocycles. The Labute approximate surface area is 94.8 Å². The lowest BCUT2D eigenvalue weighted by molar-refractivity contribution is 0.122. The Bertz CT molecular complexity index is 328. The second-order valence-electron chi connectivity index (χ2n) is 5.07. The van der Waals surface area contributed by atoms with Gasteiger partial charge < -0.3 is 5.32 Å². The van der Waals surface area contributed by atoms with Gasteiger partial charge in [0.25, 0.3) is 6.43 Å². The molecule has 1 aromatic rings. The fourth-order valence-corrected chi connectivity index (χ4v) is 1.15. The molecule has 1 heterocycles. The van der Waals surface area contributed by atoms with E-state index in [0.29, 0.717) is 0 Å². The van der Waals surface area contributed by atoms with Gasteiger partial charge in [-0.1, -0.05) is 20.8 Å². The van der Waals surface area contributed by atoms with E-state index in [1.54, 1.807) is 12.4 Å². The third-order valence-corrected chi connectivity index (χ3v) is 2.64. The van der Waals surface area contributed by atoms with Crippen LogP contribution in [-0.4, -0.2) is 22.2 Å². The van der Waals surface area contributed by atoms with Crippen LogP contribution in [0.25, 0.3) is 0 Å². The van der Waals surface area contributed by atoms with Crippen LogP contribution in [0.3, 0.4) is 0 Å². The van der Waals surface area contributed by atoms with Crippen molar-refractivity contribution in [2.75, 3.05) is 5.32 Å². The molecule has 1 rings (SSSR count). The zero-order valence-corrected chi connectivity index (χ0v) is 10.2. The van der Waals surface area contributed by atoms with Gasteiger partial charge in [-0.15, -0.1) is 0 Å². The summed E-state index contributed by atoms with van der Waals surface area (Å²) in [6.45, 7) is 8.06. The molecule has 0 saturated heterocycles. The number of nitrogens with zero attached hydrogens (tertiary/aromatic N) is 2. The molecule has 0 radical (unpaired) electrons. The number of alkyl halides is 2. The molecule has 16 heavy (non-hydrogen) atoms. The van der Waals surface area contributed by atoms with Gasteiger partial charge in [-0.3, -0.25) is 4.68 Å². The Morgan fingerprint density at radius 2 is 2.06 bits per heavy atom. The molecule has 92 valence electrons. The lowest BCUT2D eigenvalue weighted by Gasteiger charge is -2.28. The van der Waals surface area contributed by atoms with E-state index in [1.165, 1.54) is 4.68 Å². The quantitative estimate of drug-likeness (QED) is 0.863. The highest BCUT2D eigenvalue weighted by Gasteiger charge is 2.20. The van der Waals surface area contributed by atoms with Gasteiger partial charge in [0.1, 0.15) is 6.54 Å². The highest BCUT2D eigenvalue weighted by Crippen LogP contribution is 2.22. The standard InChI is InChI=1S/C11H19F2N3/c1-8(11(2,3)4)15-9-5-14-16(6-9)7-10(12)13/h5-6,8,10,15H,7H2,1-4H3/t8-/m0/s1. The Hall–Kier alpha value is -1.13. The summed E-state index contributed by atoms with van der Waals surface area (Å²) in [5.41, 5.74) is 0.897. The van der Waals surface area contributed by atoms with E-state index in [4.69, 9.17) is 0 Å². The minimum atomic E-state index is -2.37. The Morgan fingerprint density at radius 1 is 1.44 bits per heavy atom. The van der Waals surface area contributed by atoms with E-state index in [2.05, 4.69) is 38.1 Å². The SMILES string of the molecule is C[C@H](Nc1cnn(CC(F)F)c1)C(C)(C)C. The Balaban J connectivity index is 2.58. The van der Waals surface area contributed by atoms with Crippen molar-refractivity contribution in [3.63, 3.8) is 0 Å². The van der Waals surface area contributed by atoms with Gasteiger partial charge >= 0.3 is 0 Å². The molecule has 1 aromatic heterocycles. The lowest BCUT2D eigenvalue weighted by Crippen LogP contribution is -2.30. The predicted molar refractivity (Wildman–Crippen MR) is 60.8 cm³/mol. The molecule has 0 aliphatic rings. The molecular weight excluding hydrogens is 212 g/mol. The molecule has 0 bridgehead atoms. The normalized spacial score (nSPS) is 14.2. The highest BCUT2D eigenvalue weighted by atomic mass is 19.3. The summed E-state index contributed by atoms with van der Waals surface area (Å²) in [7, 11) is 0. The summed E-state index contributed by atoms with van der Waals surface area (Å²) in [5.74, 6) is 0. The number of rotatable bonds is 4. The summed E-state index contributed by atoms with van der Waals surface area (Å²) in [6, 6.07) is 0.247. The lowest BCUT2D eigenvalue weighted by atomic mass is 9.88. The first-order valence-electron chi connectivity index (χ1n) is 5.36. The largest absolute Gasteiger partial charge is 0.380 e. The van der Waals surface area contributed by atoms with Crippen molar-refractivity contribution in [2.45, 2.75) is 46.7 Å². The first-order valence-corrected chi connectivity index (χ1v) is 5.36. The third-order valence-electron chi connectivity index (χ3n) is 2.64. The van der Waals surface area contributed by atoms with Gasteiger partial charge in [0.05, 0.1) is 11.9 Å². The number of nitrogens with one attached hydrogen (secondary N) is 1. The molecule has 0 amide bonds. The van der Waals surface area contributed by atoms with Gasteiger partial charge in [-0.2, -0.15) is 5.10 Å². The molecule has 1 N–H and O–H groups in total. The number of hydrogen-bond acceptors (Lipinski definition) is 2. The molecule has 0 fully saturated rings. The maximum atomic E-state index is 12.1. The minimum Gasteiger partial charge on any atom is -0.380 e. The summed E-state index contributed by atoms with van der Waals surface area (Å²) >= 11 is 0. The topological polar surface area (TPSA) is 29.9 Å². The van der Waals surface area contributed by atoms with Gasteiger partial charge in [-0.25, -0.2) is 8.78 Å². The van der Waals surface area contributed by atoms with E-state index in [1.807, 2.05) is 0 Å². The van der Waals surface area contributed by atoms with Gasteiger partial charge in [0, 0.05) is 12.2 Å². The molecule has 5 heteroatoms. The minimum absolute atomic E-state index is 0.116. The van der Waals surface area contributed by atoms with E-state index < -0.39 is 6.43 Å². The average molecular weight is 231 g/mol. The second-order valence-corrected chi connectivity index (χ2v) is 5.07. The molecular formula is C11H19F2N3. The summed E-state index contributed by atoms with van der Waals surface area (Å²) in [5, 5.41) is 7.11. The van der Waals surface area contributed by atoms with Crippen molar-refractivity contribution in [3.05, 3.63) is 12.4 Å². The molecule has 0 aliphatic heterocycles. The third kappa shape index (κ3) is 3.79. The zero-order valence-electron chi connectivity index (χ0n) is 10.2. The number of aromatic nitrogens is 2. The first kappa shape index (κ1) is 12.9. The van der Waals surface area contributed by atoms with Crippen LogP contribution in [-0.2, 0) is 6.54 Å². The average Bonchev–Trinajstić information content (AvgIpc) is 2.49.